The SMILES string of the molecule is CCC[C@H]1OC(C)=Cc2cc3c(c(O)c21)C(=O)C([C@@H]1OC[C@@H](O)[C@@H](CO)O1)=CC3=O. The summed E-state index contributed by atoms with van der Waals surface area (Å²) in [6.45, 7) is 3.17. The van der Waals surface area contributed by atoms with Gasteiger partial charge in [-0.05, 0) is 37.1 Å². The molecule has 0 unspecified atom stereocenters. The summed E-state index contributed by atoms with van der Waals surface area (Å²) in [5.41, 5.74) is 1.06. The second-order valence-corrected chi connectivity index (χ2v) is 7.68. The molecular formula is C22H24O8. The van der Waals surface area contributed by atoms with Gasteiger partial charge in [0.15, 0.2) is 17.9 Å². The van der Waals surface area contributed by atoms with Crippen molar-refractivity contribution in [2.24, 2.45) is 0 Å². The number of phenols is 1. The minimum Gasteiger partial charge on any atom is -0.507 e. The van der Waals surface area contributed by atoms with E-state index in [1.165, 1.54) is 0 Å². The zero-order valence-electron chi connectivity index (χ0n) is 16.8. The van der Waals surface area contributed by atoms with Crippen LogP contribution in [-0.4, -0.2) is 58.6 Å². The number of hydrogen-bond acceptors (Lipinski definition) is 8. The van der Waals surface area contributed by atoms with E-state index in [2.05, 4.69) is 0 Å². The smallest absolute Gasteiger partial charge is 0.198 e. The van der Waals surface area contributed by atoms with E-state index < -0.39 is 42.8 Å². The summed E-state index contributed by atoms with van der Waals surface area (Å²) in [5.74, 6) is -0.655. The first-order chi connectivity index (χ1) is 14.3. The van der Waals surface area contributed by atoms with Crippen molar-refractivity contribution in [3.8, 4) is 5.75 Å². The Hall–Kier alpha value is -2.52. The van der Waals surface area contributed by atoms with E-state index in [-0.39, 0.29) is 29.1 Å². The average Bonchev–Trinajstić information content (AvgIpc) is 2.70. The lowest BCUT2D eigenvalue weighted by atomic mass is 9.82. The monoisotopic (exact) mass is 416 g/mol. The Bertz CT molecular complexity index is 960. The maximum atomic E-state index is 13.3. The molecule has 1 fully saturated rings. The fraction of sp³-hybridized carbons (Fsp3) is 0.455. The standard InChI is InChI=1S/C22H24O8/c1-3-4-16-18-11(5-10(2)29-16)6-12-14(24)7-13(20(26)19(12)21(18)27)22-28-9-15(25)17(8-23)30-22/h5-7,15-17,22-23,25,27H,3-4,8-9H2,1-2H3/t15-,16-,17-,22-/m1/s1. The van der Waals surface area contributed by atoms with Crippen molar-refractivity contribution in [3.05, 3.63) is 45.7 Å². The molecule has 0 spiro atoms. The summed E-state index contributed by atoms with van der Waals surface area (Å²) < 4.78 is 16.7. The number of ketones is 2. The number of Topliss-reactive ketones (excluding diaryl/α,β-unsaturated/α-hetero) is 1. The van der Waals surface area contributed by atoms with Crippen LogP contribution >= 0.6 is 0 Å². The predicted octanol–water partition coefficient (Wildman–Crippen LogP) is 2.02. The second-order valence-electron chi connectivity index (χ2n) is 7.68. The number of fused-ring (bicyclic) bond motifs is 2. The lowest BCUT2D eigenvalue weighted by Gasteiger charge is -2.35. The molecule has 160 valence electrons. The lowest BCUT2D eigenvalue weighted by molar-refractivity contribution is -0.241. The summed E-state index contributed by atoms with van der Waals surface area (Å²) in [4.78, 5) is 26.1. The van der Waals surface area contributed by atoms with Gasteiger partial charge in [0.05, 0.1) is 30.1 Å². The first-order valence-corrected chi connectivity index (χ1v) is 9.97. The molecule has 0 saturated carbocycles. The number of carbonyl (C=O) groups is 2. The molecule has 1 saturated heterocycles. The van der Waals surface area contributed by atoms with Gasteiger partial charge < -0.3 is 29.5 Å². The molecule has 1 aliphatic carbocycles. The highest BCUT2D eigenvalue weighted by atomic mass is 16.7. The van der Waals surface area contributed by atoms with Gasteiger partial charge in [-0.1, -0.05) is 13.3 Å². The van der Waals surface area contributed by atoms with E-state index in [4.69, 9.17) is 14.2 Å². The molecule has 4 rings (SSSR count). The van der Waals surface area contributed by atoms with Gasteiger partial charge in [-0.15, -0.1) is 0 Å². The minimum absolute atomic E-state index is 0.0800. The minimum atomic E-state index is -1.23. The van der Waals surface area contributed by atoms with Gasteiger partial charge in [0.1, 0.15) is 24.1 Å². The van der Waals surface area contributed by atoms with Crippen molar-refractivity contribution in [1.82, 2.24) is 0 Å². The van der Waals surface area contributed by atoms with Crippen LogP contribution in [0.4, 0.5) is 0 Å². The van der Waals surface area contributed by atoms with Crippen LogP contribution in [0.1, 0.15) is 64.6 Å². The topological polar surface area (TPSA) is 123 Å². The highest BCUT2D eigenvalue weighted by Crippen LogP contribution is 2.44. The van der Waals surface area contributed by atoms with Crippen molar-refractivity contribution in [2.45, 2.75) is 51.3 Å². The molecule has 1 aromatic carbocycles. The third-order valence-electron chi connectivity index (χ3n) is 5.55. The van der Waals surface area contributed by atoms with Crippen molar-refractivity contribution in [2.75, 3.05) is 13.2 Å². The Labute approximate surface area is 173 Å². The zero-order valence-corrected chi connectivity index (χ0v) is 16.8. The van der Waals surface area contributed by atoms with Crippen LogP contribution in [0.3, 0.4) is 0 Å². The molecule has 3 aliphatic rings. The van der Waals surface area contributed by atoms with Crippen LogP contribution in [0.15, 0.2) is 23.5 Å². The number of phenolic OH excluding ortho intramolecular Hbond substituents is 1. The maximum Gasteiger partial charge on any atom is 0.198 e. The normalized spacial score (nSPS) is 28.3. The molecule has 4 atom stereocenters. The first kappa shape index (κ1) is 20.7. The molecule has 3 N–H and O–H groups in total. The fourth-order valence-corrected chi connectivity index (χ4v) is 4.10. The number of hydrogen-bond donors (Lipinski definition) is 3. The van der Waals surface area contributed by atoms with Gasteiger partial charge in [0, 0.05) is 11.1 Å². The van der Waals surface area contributed by atoms with E-state index in [0.29, 0.717) is 23.3 Å². The molecule has 8 heteroatoms. The van der Waals surface area contributed by atoms with Gasteiger partial charge in [-0.2, -0.15) is 0 Å². The molecule has 1 aromatic rings. The van der Waals surface area contributed by atoms with Crippen LogP contribution in [-0.2, 0) is 14.2 Å². The molecule has 2 aliphatic heterocycles. The van der Waals surface area contributed by atoms with Gasteiger partial charge in [0.2, 0.25) is 0 Å². The number of rotatable bonds is 4. The van der Waals surface area contributed by atoms with Crippen molar-refractivity contribution >= 4 is 17.6 Å². The van der Waals surface area contributed by atoms with Crippen molar-refractivity contribution < 1.29 is 39.1 Å². The van der Waals surface area contributed by atoms with Crippen LogP contribution < -0.4 is 0 Å². The van der Waals surface area contributed by atoms with E-state index >= 15 is 0 Å². The number of aromatic hydroxyl groups is 1. The Morgan fingerprint density at radius 3 is 2.70 bits per heavy atom. The lowest BCUT2D eigenvalue weighted by Crippen LogP contribution is -2.47. The van der Waals surface area contributed by atoms with Gasteiger partial charge in [-0.25, -0.2) is 0 Å². The molecule has 0 bridgehead atoms. The summed E-state index contributed by atoms with van der Waals surface area (Å²) >= 11 is 0. The van der Waals surface area contributed by atoms with Crippen LogP contribution in [0.2, 0.25) is 0 Å². The molecule has 0 amide bonds. The van der Waals surface area contributed by atoms with Gasteiger partial charge in [0.25, 0.3) is 0 Å². The summed E-state index contributed by atoms with van der Waals surface area (Å²) in [5, 5.41) is 30.2. The highest BCUT2D eigenvalue weighted by Gasteiger charge is 2.40. The average molecular weight is 416 g/mol. The molecule has 2 heterocycles. The Morgan fingerprint density at radius 1 is 1.23 bits per heavy atom. The summed E-state index contributed by atoms with van der Waals surface area (Å²) in [6.07, 6.45) is 0.675. The molecule has 8 nitrogen and oxygen atoms in total. The summed E-state index contributed by atoms with van der Waals surface area (Å²) in [6, 6.07) is 1.61. The summed E-state index contributed by atoms with van der Waals surface area (Å²) in [7, 11) is 0. The maximum absolute atomic E-state index is 13.3. The number of ether oxygens (including phenoxy) is 3. The zero-order chi connectivity index (χ0) is 21.6. The Morgan fingerprint density at radius 2 is 2.00 bits per heavy atom. The number of allylic oxidation sites excluding steroid dienone is 2. The molecule has 0 aromatic heterocycles. The van der Waals surface area contributed by atoms with Gasteiger partial charge >= 0.3 is 0 Å². The van der Waals surface area contributed by atoms with E-state index in [1.54, 1.807) is 19.1 Å². The predicted molar refractivity (Wildman–Crippen MR) is 105 cm³/mol. The van der Waals surface area contributed by atoms with Crippen LogP contribution in [0.5, 0.6) is 5.75 Å². The third-order valence-corrected chi connectivity index (χ3v) is 5.55. The number of aliphatic hydroxyl groups excluding tert-OH is 2. The molecule has 0 radical (unpaired) electrons. The van der Waals surface area contributed by atoms with E-state index in [9.17, 15) is 24.9 Å². The molecular weight excluding hydrogens is 392 g/mol. The van der Waals surface area contributed by atoms with Crippen molar-refractivity contribution in [3.63, 3.8) is 0 Å². The van der Waals surface area contributed by atoms with E-state index in [0.717, 1.165) is 12.5 Å². The second kappa shape index (κ2) is 7.96. The van der Waals surface area contributed by atoms with Crippen molar-refractivity contribution in [1.29, 1.82) is 0 Å². The number of carbonyl (C=O) groups excluding carboxylic acids is 2. The fourth-order valence-electron chi connectivity index (χ4n) is 4.10. The largest absolute Gasteiger partial charge is 0.507 e. The Balaban J connectivity index is 1.77. The van der Waals surface area contributed by atoms with Crippen LogP contribution in [0.25, 0.3) is 6.08 Å². The quantitative estimate of drug-likeness (QED) is 0.681. The molecule has 30 heavy (non-hydrogen) atoms. The highest BCUT2D eigenvalue weighted by molar-refractivity contribution is 6.26. The number of benzene rings is 1. The van der Waals surface area contributed by atoms with Gasteiger partial charge in [-0.3, -0.25) is 9.59 Å². The Kier molecular flexibility index (Phi) is 5.50. The third kappa shape index (κ3) is 3.35. The van der Waals surface area contributed by atoms with Crippen LogP contribution in [0, 0.1) is 0 Å². The number of aliphatic hydroxyl groups is 2. The van der Waals surface area contributed by atoms with E-state index in [1.807, 2.05) is 6.92 Å². The first-order valence-electron chi connectivity index (χ1n) is 9.97.